The number of sulfonamides is 1. The monoisotopic (exact) mass is 314 g/mol. The van der Waals surface area contributed by atoms with Crippen LogP contribution < -0.4 is 11.2 Å². The summed E-state index contributed by atoms with van der Waals surface area (Å²) in [5.74, 6) is 0.227. The first-order chi connectivity index (χ1) is 10.5. The lowest BCUT2D eigenvalue weighted by atomic mass is 10.1. The van der Waals surface area contributed by atoms with Gasteiger partial charge in [-0.25, -0.2) is 0 Å². The zero-order valence-electron chi connectivity index (χ0n) is 11.8. The Balaban J connectivity index is 1.88. The second-order valence-electron chi connectivity index (χ2n) is 4.84. The smallest absolute Gasteiger partial charge is 0.285 e. The van der Waals surface area contributed by atoms with Crippen molar-refractivity contribution in [3.05, 3.63) is 59.7 Å². The van der Waals surface area contributed by atoms with Crippen LogP contribution in [0.4, 0.5) is 5.69 Å². The Morgan fingerprint density at radius 3 is 2.55 bits per heavy atom. The normalized spacial score (nSPS) is 16.0. The molecule has 2 aromatic carbocycles. The summed E-state index contributed by atoms with van der Waals surface area (Å²) < 4.78 is 27.6. The maximum absolute atomic E-state index is 11.9. The highest BCUT2D eigenvalue weighted by molar-refractivity contribution is 7.90. The molecule has 112 valence electrons. The molecule has 0 unspecified atom stereocenters. The molecule has 1 aliphatic heterocycles. The quantitative estimate of drug-likeness (QED) is 0.501. The SMILES string of the molecule is CC(=NNC1=NS(=O)(=O)c2ccccc21)c1ccc(N)cc1. The van der Waals surface area contributed by atoms with Crippen LogP contribution in [0.5, 0.6) is 0 Å². The van der Waals surface area contributed by atoms with E-state index < -0.39 is 10.0 Å². The summed E-state index contributed by atoms with van der Waals surface area (Å²) in [5, 5.41) is 4.20. The molecule has 1 aliphatic rings. The fourth-order valence-electron chi connectivity index (χ4n) is 2.11. The van der Waals surface area contributed by atoms with Gasteiger partial charge in [-0.15, -0.1) is 4.40 Å². The van der Waals surface area contributed by atoms with Crippen LogP contribution in [0.3, 0.4) is 0 Å². The van der Waals surface area contributed by atoms with Gasteiger partial charge in [0.05, 0.1) is 5.71 Å². The standard InChI is InChI=1S/C15H14N4O2S/c1-10(11-6-8-12(16)9-7-11)17-18-15-13-4-2-3-5-14(13)22(20,21)19-15/h2-9H,16H2,1H3,(H,18,19). The molecule has 7 heteroatoms. The van der Waals surface area contributed by atoms with E-state index in [0.29, 0.717) is 17.0 Å². The number of nitrogens with one attached hydrogen (secondary N) is 1. The van der Waals surface area contributed by atoms with E-state index in [1.165, 1.54) is 6.07 Å². The Hall–Kier alpha value is -2.67. The maximum atomic E-state index is 11.9. The van der Waals surface area contributed by atoms with Crippen molar-refractivity contribution in [2.45, 2.75) is 11.8 Å². The summed E-state index contributed by atoms with van der Waals surface area (Å²) >= 11 is 0. The van der Waals surface area contributed by atoms with Gasteiger partial charge in [0.15, 0.2) is 5.84 Å². The zero-order valence-corrected chi connectivity index (χ0v) is 12.6. The Morgan fingerprint density at radius 2 is 1.82 bits per heavy atom. The predicted octanol–water partition coefficient (Wildman–Crippen LogP) is 1.73. The van der Waals surface area contributed by atoms with Gasteiger partial charge in [0.2, 0.25) is 0 Å². The third-order valence-electron chi connectivity index (χ3n) is 3.29. The number of hydrogen-bond donors (Lipinski definition) is 2. The molecule has 0 atom stereocenters. The van der Waals surface area contributed by atoms with Crippen molar-refractivity contribution in [3.8, 4) is 0 Å². The summed E-state index contributed by atoms with van der Waals surface area (Å²) in [4.78, 5) is 0.192. The van der Waals surface area contributed by atoms with Gasteiger partial charge < -0.3 is 5.73 Å². The third-order valence-corrected chi connectivity index (χ3v) is 4.62. The van der Waals surface area contributed by atoms with E-state index in [1.54, 1.807) is 30.3 Å². The number of fused-ring (bicyclic) bond motifs is 1. The summed E-state index contributed by atoms with van der Waals surface area (Å²) in [5.41, 5.74) is 11.2. The fraction of sp³-hybridized carbons (Fsp3) is 0.0667. The topological polar surface area (TPSA) is 96.9 Å². The number of benzene rings is 2. The molecule has 0 saturated carbocycles. The lowest BCUT2D eigenvalue weighted by Crippen LogP contribution is -2.19. The number of amidine groups is 1. The number of rotatable bonds is 2. The summed E-state index contributed by atoms with van der Waals surface area (Å²) in [6, 6.07) is 13.9. The van der Waals surface area contributed by atoms with Crippen molar-refractivity contribution in [2.24, 2.45) is 9.50 Å². The number of hydrazone groups is 1. The van der Waals surface area contributed by atoms with Crippen LogP contribution in [0.2, 0.25) is 0 Å². The van der Waals surface area contributed by atoms with Gasteiger partial charge in [-0.2, -0.15) is 13.5 Å². The molecule has 1 heterocycles. The van der Waals surface area contributed by atoms with Crippen molar-refractivity contribution >= 4 is 27.3 Å². The van der Waals surface area contributed by atoms with Crippen LogP contribution in [0.25, 0.3) is 0 Å². The fourth-order valence-corrected chi connectivity index (χ4v) is 3.28. The van der Waals surface area contributed by atoms with Crippen molar-refractivity contribution in [3.63, 3.8) is 0 Å². The minimum Gasteiger partial charge on any atom is -0.399 e. The molecule has 22 heavy (non-hydrogen) atoms. The number of anilines is 1. The molecular weight excluding hydrogens is 300 g/mol. The van der Waals surface area contributed by atoms with E-state index in [1.807, 2.05) is 19.1 Å². The van der Waals surface area contributed by atoms with Gasteiger partial charge in [0.25, 0.3) is 10.0 Å². The average molecular weight is 314 g/mol. The highest BCUT2D eigenvalue weighted by atomic mass is 32.2. The summed E-state index contributed by atoms with van der Waals surface area (Å²) in [6.45, 7) is 1.81. The number of hydrogen-bond acceptors (Lipinski definition) is 5. The lowest BCUT2D eigenvalue weighted by Gasteiger charge is -2.04. The van der Waals surface area contributed by atoms with Crippen molar-refractivity contribution in [1.82, 2.24) is 5.43 Å². The molecule has 0 radical (unpaired) electrons. The first-order valence-electron chi connectivity index (χ1n) is 6.58. The minimum absolute atomic E-state index is 0.192. The predicted molar refractivity (Wildman–Crippen MR) is 86.4 cm³/mol. The van der Waals surface area contributed by atoms with Crippen LogP contribution >= 0.6 is 0 Å². The molecule has 3 rings (SSSR count). The molecule has 2 aromatic rings. The van der Waals surface area contributed by atoms with Gasteiger partial charge >= 0.3 is 0 Å². The molecule has 3 N–H and O–H groups in total. The first kappa shape index (κ1) is 14.3. The summed E-state index contributed by atoms with van der Waals surface area (Å²) in [7, 11) is -3.63. The molecule has 0 bridgehead atoms. The van der Waals surface area contributed by atoms with E-state index >= 15 is 0 Å². The Bertz CT molecular complexity index is 884. The maximum Gasteiger partial charge on any atom is 0.285 e. The third kappa shape index (κ3) is 2.58. The molecular formula is C15H14N4O2S. The van der Waals surface area contributed by atoms with E-state index in [-0.39, 0.29) is 10.7 Å². The molecule has 0 saturated heterocycles. The molecule has 0 aromatic heterocycles. The first-order valence-corrected chi connectivity index (χ1v) is 8.02. The van der Waals surface area contributed by atoms with Crippen molar-refractivity contribution < 1.29 is 8.42 Å². The molecule has 0 spiro atoms. The number of nitrogens with zero attached hydrogens (tertiary/aromatic N) is 2. The second-order valence-corrected chi connectivity index (χ2v) is 6.41. The van der Waals surface area contributed by atoms with Crippen LogP contribution in [0.15, 0.2) is 62.9 Å². The van der Waals surface area contributed by atoms with Crippen LogP contribution in [-0.4, -0.2) is 20.0 Å². The van der Waals surface area contributed by atoms with Gasteiger partial charge in [0.1, 0.15) is 4.90 Å². The van der Waals surface area contributed by atoms with E-state index in [9.17, 15) is 8.42 Å². The van der Waals surface area contributed by atoms with Crippen molar-refractivity contribution in [1.29, 1.82) is 0 Å². The molecule has 0 aliphatic carbocycles. The van der Waals surface area contributed by atoms with Gasteiger partial charge in [0, 0.05) is 11.3 Å². The molecule has 0 amide bonds. The molecule has 6 nitrogen and oxygen atoms in total. The Labute approximate surface area is 128 Å². The van der Waals surface area contributed by atoms with E-state index in [0.717, 1.165) is 5.56 Å². The zero-order chi connectivity index (χ0) is 15.7. The van der Waals surface area contributed by atoms with Crippen LogP contribution in [-0.2, 0) is 10.0 Å². The van der Waals surface area contributed by atoms with E-state index in [2.05, 4.69) is 14.9 Å². The highest BCUT2D eigenvalue weighted by Crippen LogP contribution is 2.24. The highest BCUT2D eigenvalue weighted by Gasteiger charge is 2.28. The van der Waals surface area contributed by atoms with Gasteiger partial charge in [-0.05, 0) is 36.8 Å². The largest absolute Gasteiger partial charge is 0.399 e. The Morgan fingerprint density at radius 1 is 1.14 bits per heavy atom. The average Bonchev–Trinajstić information content (AvgIpc) is 2.77. The van der Waals surface area contributed by atoms with Crippen LogP contribution in [0.1, 0.15) is 18.1 Å². The van der Waals surface area contributed by atoms with Crippen molar-refractivity contribution in [2.75, 3.05) is 5.73 Å². The van der Waals surface area contributed by atoms with Crippen LogP contribution in [0, 0.1) is 0 Å². The summed E-state index contributed by atoms with van der Waals surface area (Å²) in [6.07, 6.45) is 0. The second kappa shape index (κ2) is 5.27. The van der Waals surface area contributed by atoms with E-state index in [4.69, 9.17) is 5.73 Å². The number of nitrogens with two attached hydrogens (primary N) is 1. The molecule has 0 fully saturated rings. The van der Waals surface area contributed by atoms with Gasteiger partial charge in [-0.1, -0.05) is 24.3 Å². The Kier molecular flexibility index (Phi) is 3.42. The van der Waals surface area contributed by atoms with Gasteiger partial charge in [-0.3, -0.25) is 5.43 Å². The minimum atomic E-state index is -3.63. The lowest BCUT2D eigenvalue weighted by molar-refractivity contribution is 0.599. The number of nitrogen functional groups attached to an aromatic ring is 1.